The molecule has 7 heteroatoms. The summed E-state index contributed by atoms with van der Waals surface area (Å²) < 4.78 is 0. The highest BCUT2D eigenvalue weighted by Gasteiger charge is 2.24. The molecule has 1 amide bonds. The van der Waals surface area contributed by atoms with Crippen LogP contribution in [0, 0.1) is 0 Å². The van der Waals surface area contributed by atoms with E-state index in [9.17, 15) is 9.59 Å². The molecule has 1 unspecified atom stereocenters. The Morgan fingerprint density at radius 1 is 1.07 bits per heavy atom. The fourth-order valence-electron chi connectivity index (χ4n) is 3.63. The summed E-state index contributed by atoms with van der Waals surface area (Å²) in [6, 6.07) is 20.1. The summed E-state index contributed by atoms with van der Waals surface area (Å²) in [5.74, 6) is 0.141. The van der Waals surface area contributed by atoms with Crippen LogP contribution in [0.3, 0.4) is 0 Å². The van der Waals surface area contributed by atoms with E-state index in [-0.39, 0.29) is 17.2 Å². The topological polar surface area (TPSA) is 79.3 Å². The zero-order valence-corrected chi connectivity index (χ0v) is 17.5. The number of hydrogen-bond acceptors (Lipinski definition) is 4. The van der Waals surface area contributed by atoms with Crippen molar-refractivity contribution in [3.63, 3.8) is 0 Å². The van der Waals surface area contributed by atoms with Crippen molar-refractivity contribution in [3.05, 3.63) is 93.4 Å². The lowest BCUT2D eigenvalue weighted by atomic mass is 10.1. The number of carbonyl (C=O) groups excluding carboxylic acids is 1. The molecule has 3 N–H and O–H groups in total. The number of H-pyrrole nitrogens is 1. The fraction of sp³-hybridized carbons (Fsp3) is 0.261. The first kappa shape index (κ1) is 20.4. The normalized spacial score (nSPS) is 15.4. The maximum absolute atomic E-state index is 12.6. The number of nitrogens with zero attached hydrogens (tertiary/aromatic N) is 1. The van der Waals surface area contributed by atoms with Crippen LogP contribution in [-0.4, -0.2) is 28.2 Å². The summed E-state index contributed by atoms with van der Waals surface area (Å²) in [7, 11) is 0. The molecule has 1 aromatic heterocycles. The molecule has 3 aromatic rings. The number of rotatable bonds is 7. The van der Waals surface area contributed by atoms with Crippen molar-refractivity contribution in [2.24, 2.45) is 0 Å². The third-order valence-electron chi connectivity index (χ3n) is 5.19. The summed E-state index contributed by atoms with van der Waals surface area (Å²) in [4.78, 5) is 33.6. The third-order valence-corrected chi connectivity index (χ3v) is 6.06. The van der Waals surface area contributed by atoms with Gasteiger partial charge in [-0.15, -0.1) is 0 Å². The number of hydrogen-bond donors (Lipinski definition) is 3. The Kier molecular flexibility index (Phi) is 6.61. The molecule has 1 aliphatic heterocycles. The van der Waals surface area contributed by atoms with Crippen LogP contribution in [0.25, 0.3) is 0 Å². The van der Waals surface area contributed by atoms with E-state index in [0.29, 0.717) is 18.2 Å². The zero-order valence-electron chi connectivity index (χ0n) is 16.7. The van der Waals surface area contributed by atoms with E-state index in [1.807, 2.05) is 48.5 Å². The van der Waals surface area contributed by atoms with Gasteiger partial charge in [0, 0.05) is 18.5 Å². The number of aromatic nitrogens is 2. The maximum atomic E-state index is 12.6. The molecule has 2 heterocycles. The Morgan fingerprint density at radius 3 is 2.50 bits per heavy atom. The van der Waals surface area contributed by atoms with Gasteiger partial charge < -0.3 is 15.2 Å². The number of amides is 1. The van der Waals surface area contributed by atoms with Crippen molar-refractivity contribution in [1.82, 2.24) is 15.3 Å². The average molecular weight is 422 g/mol. The Balaban J connectivity index is 1.33. The van der Waals surface area contributed by atoms with Gasteiger partial charge in [0.2, 0.25) is 5.91 Å². The molecule has 4 rings (SSSR count). The van der Waals surface area contributed by atoms with Gasteiger partial charge in [0.15, 0.2) is 5.16 Å². The molecule has 0 saturated carbocycles. The Bertz CT molecular complexity index is 1050. The fourth-order valence-corrected chi connectivity index (χ4v) is 4.34. The first-order valence-electron chi connectivity index (χ1n) is 10.1. The molecule has 0 saturated heterocycles. The largest absolute Gasteiger partial charge is 0.351 e. The van der Waals surface area contributed by atoms with Gasteiger partial charge in [0.25, 0.3) is 5.56 Å². The molecule has 0 fully saturated rings. The van der Waals surface area contributed by atoms with E-state index < -0.39 is 0 Å². The van der Waals surface area contributed by atoms with Crippen molar-refractivity contribution in [2.45, 2.75) is 31.2 Å². The number of carbonyl (C=O) groups is 1. The number of benzene rings is 2. The minimum atomic E-state index is -0.0857. The van der Waals surface area contributed by atoms with Gasteiger partial charge in [-0.05, 0) is 5.56 Å². The second-order valence-corrected chi connectivity index (χ2v) is 8.40. The minimum absolute atomic E-state index is 0.0808. The lowest BCUT2D eigenvalue weighted by Crippen LogP contribution is -3.10. The number of thioether (sulfide) groups is 1. The van der Waals surface area contributed by atoms with Crippen LogP contribution in [-0.2, 0) is 30.8 Å². The predicted octanol–water partition coefficient (Wildman–Crippen LogP) is 1.32. The summed E-state index contributed by atoms with van der Waals surface area (Å²) in [6.45, 7) is 3.02. The SMILES string of the molecule is O=C(CSc1nc2c(c(=O)[nH]1)C[NH+](Cc1ccccc1)CC2)NCc1ccccc1. The van der Waals surface area contributed by atoms with Crippen molar-refractivity contribution in [3.8, 4) is 0 Å². The van der Waals surface area contributed by atoms with Crippen LogP contribution in [0.5, 0.6) is 0 Å². The molecule has 0 spiro atoms. The van der Waals surface area contributed by atoms with E-state index in [1.54, 1.807) is 0 Å². The lowest BCUT2D eigenvalue weighted by molar-refractivity contribution is -0.929. The first-order valence-corrected chi connectivity index (χ1v) is 11.1. The number of nitrogens with one attached hydrogen (secondary N) is 3. The molecule has 1 atom stereocenters. The molecule has 1 aliphatic rings. The van der Waals surface area contributed by atoms with Crippen LogP contribution >= 0.6 is 11.8 Å². The average Bonchev–Trinajstić information content (AvgIpc) is 2.78. The van der Waals surface area contributed by atoms with Gasteiger partial charge >= 0.3 is 0 Å². The van der Waals surface area contributed by atoms with Crippen LogP contribution in [0.1, 0.15) is 22.4 Å². The van der Waals surface area contributed by atoms with Gasteiger partial charge in [-0.2, -0.15) is 0 Å². The molecular weight excluding hydrogens is 396 g/mol. The number of quaternary nitrogens is 1. The Morgan fingerprint density at radius 2 is 1.77 bits per heavy atom. The van der Waals surface area contributed by atoms with Crippen molar-refractivity contribution >= 4 is 17.7 Å². The molecule has 2 aromatic carbocycles. The molecule has 154 valence electrons. The van der Waals surface area contributed by atoms with Crippen LogP contribution in [0.2, 0.25) is 0 Å². The third kappa shape index (κ3) is 5.37. The second kappa shape index (κ2) is 9.73. The van der Waals surface area contributed by atoms with E-state index >= 15 is 0 Å². The molecule has 0 radical (unpaired) electrons. The van der Waals surface area contributed by atoms with Gasteiger partial charge in [-0.1, -0.05) is 72.4 Å². The Hall–Kier alpha value is -2.90. The summed E-state index contributed by atoms with van der Waals surface area (Å²) in [6.07, 6.45) is 0.773. The van der Waals surface area contributed by atoms with E-state index in [0.717, 1.165) is 36.3 Å². The Labute approximate surface area is 179 Å². The van der Waals surface area contributed by atoms with Crippen molar-refractivity contribution in [1.29, 1.82) is 0 Å². The highest BCUT2D eigenvalue weighted by atomic mass is 32.2. The molecule has 30 heavy (non-hydrogen) atoms. The quantitative estimate of drug-likeness (QED) is 0.397. The van der Waals surface area contributed by atoms with Crippen LogP contribution < -0.4 is 15.8 Å². The van der Waals surface area contributed by atoms with E-state index in [2.05, 4.69) is 27.4 Å². The highest BCUT2D eigenvalue weighted by molar-refractivity contribution is 7.99. The minimum Gasteiger partial charge on any atom is -0.351 e. The maximum Gasteiger partial charge on any atom is 0.260 e. The van der Waals surface area contributed by atoms with Gasteiger partial charge in [-0.25, -0.2) is 4.98 Å². The lowest BCUT2D eigenvalue weighted by Gasteiger charge is -2.25. The number of fused-ring (bicyclic) bond motifs is 1. The van der Waals surface area contributed by atoms with Gasteiger partial charge in [0.05, 0.1) is 23.6 Å². The number of aromatic amines is 1. The summed E-state index contributed by atoms with van der Waals surface area (Å²) in [5, 5.41) is 3.41. The highest BCUT2D eigenvalue weighted by Crippen LogP contribution is 2.14. The van der Waals surface area contributed by atoms with E-state index in [4.69, 9.17) is 0 Å². The van der Waals surface area contributed by atoms with Gasteiger partial charge in [0.1, 0.15) is 13.1 Å². The second-order valence-electron chi connectivity index (χ2n) is 7.44. The molecular formula is C23H25N4O2S+. The monoisotopic (exact) mass is 421 g/mol. The summed E-state index contributed by atoms with van der Waals surface area (Å²) in [5.41, 5.74) is 3.87. The first-order chi connectivity index (χ1) is 14.7. The van der Waals surface area contributed by atoms with Crippen LogP contribution in [0.15, 0.2) is 70.6 Å². The zero-order chi connectivity index (χ0) is 20.8. The molecule has 6 nitrogen and oxygen atoms in total. The smallest absolute Gasteiger partial charge is 0.260 e. The summed E-state index contributed by atoms with van der Waals surface area (Å²) >= 11 is 1.27. The van der Waals surface area contributed by atoms with Gasteiger partial charge in [-0.3, -0.25) is 9.59 Å². The molecule has 0 aliphatic carbocycles. The van der Waals surface area contributed by atoms with Crippen LogP contribution in [0.4, 0.5) is 0 Å². The predicted molar refractivity (Wildman–Crippen MR) is 117 cm³/mol. The standard InChI is InChI=1S/C23H24N4O2S/c28-21(24-13-17-7-3-1-4-8-17)16-30-23-25-20-11-12-27(15-19(20)22(29)26-23)14-18-9-5-2-6-10-18/h1-10H,11-16H2,(H,24,28)(H,25,26,29)/p+1. The van der Waals surface area contributed by atoms with Crippen molar-refractivity contribution in [2.75, 3.05) is 12.3 Å². The van der Waals surface area contributed by atoms with E-state index in [1.165, 1.54) is 22.2 Å². The van der Waals surface area contributed by atoms with Crippen molar-refractivity contribution < 1.29 is 9.69 Å². The molecule has 0 bridgehead atoms.